The van der Waals surface area contributed by atoms with Crippen LogP contribution in [-0.4, -0.2) is 44.1 Å². The molecule has 0 amide bonds. The lowest BCUT2D eigenvalue weighted by Crippen LogP contribution is -2.44. The number of aryl methyl sites for hydroxylation is 1. The minimum atomic E-state index is -4.27. The van der Waals surface area contributed by atoms with Gasteiger partial charge >= 0.3 is 0 Å². The van der Waals surface area contributed by atoms with Gasteiger partial charge in [0.25, 0.3) is 0 Å². The van der Waals surface area contributed by atoms with E-state index in [1.54, 1.807) is 12.1 Å². The predicted octanol–water partition coefficient (Wildman–Crippen LogP) is 6.29. The molecule has 0 aromatic heterocycles. The summed E-state index contributed by atoms with van der Waals surface area (Å²) >= 11 is 0. The Morgan fingerprint density at radius 3 is 1.55 bits per heavy atom. The van der Waals surface area contributed by atoms with E-state index in [1.165, 1.54) is 100 Å². The Morgan fingerprint density at radius 1 is 0.759 bits per heavy atom. The van der Waals surface area contributed by atoms with Crippen molar-refractivity contribution in [3.63, 3.8) is 0 Å². The number of rotatable bonds is 14. The van der Waals surface area contributed by atoms with Gasteiger partial charge in [0.2, 0.25) is 0 Å². The lowest BCUT2D eigenvalue weighted by Gasteiger charge is -2.32. The van der Waals surface area contributed by atoms with Gasteiger partial charge in [-0.2, -0.15) is 0 Å². The minimum absolute atomic E-state index is 0.178. The van der Waals surface area contributed by atoms with Crippen LogP contribution < -0.4 is 0 Å². The summed E-state index contributed by atoms with van der Waals surface area (Å²) in [6.07, 6.45) is 14.5. The number of hydrogen-bond acceptors (Lipinski definition) is 3. The molecule has 1 rings (SSSR count). The van der Waals surface area contributed by atoms with E-state index in [0.29, 0.717) is 0 Å². The van der Waals surface area contributed by atoms with E-state index in [1.807, 2.05) is 6.92 Å². The number of nitrogens with zero attached hydrogens (tertiary/aromatic N) is 1. The number of benzene rings is 1. The second-order valence-electron chi connectivity index (χ2n) is 8.42. The largest absolute Gasteiger partial charge is 0.744 e. The Labute approximate surface area is 181 Å². The maximum absolute atomic E-state index is 10.4. The zero-order valence-corrected chi connectivity index (χ0v) is 20.4. The van der Waals surface area contributed by atoms with E-state index in [-0.39, 0.29) is 4.90 Å². The third-order valence-corrected chi connectivity index (χ3v) is 6.74. The third-order valence-electron chi connectivity index (χ3n) is 5.89. The summed E-state index contributed by atoms with van der Waals surface area (Å²) < 4.78 is 32.4. The Bertz CT molecular complexity index is 608. The van der Waals surface area contributed by atoms with Crippen LogP contribution in [-0.2, 0) is 10.1 Å². The summed E-state index contributed by atoms with van der Waals surface area (Å²) in [5, 5.41) is 0. The van der Waals surface area contributed by atoms with Crippen LogP contribution in [0.15, 0.2) is 29.2 Å². The molecule has 0 spiro atoms. The quantitative estimate of drug-likeness (QED) is 0.199. The Kier molecular flexibility index (Phi) is 15.4. The van der Waals surface area contributed by atoms with Crippen molar-refractivity contribution in [3.8, 4) is 0 Å². The van der Waals surface area contributed by atoms with Crippen molar-refractivity contribution in [1.82, 2.24) is 0 Å². The number of unbranched alkanes of at least 4 members (excludes halogenated alkanes) is 9. The molecule has 0 heterocycles. The first-order valence-corrected chi connectivity index (χ1v) is 13.0. The molecule has 5 heteroatoms. The monoisotopic (exact) mass is 427 g/mol. The van der Waals surface area contributed by atoms with Gasteiger partial charge in [0.15, 0.2) is 0 Å². The fourth-order valence-electron chi connectivity index (χ4n) is 3.23. The fourth-order valence-corrected chi connectivity index (χ4v) is 3.70. The summed E-state index contributed by atoms with van der Waals surface area (Å²) in [4.78, 5) is -0.178. The number of hydrogen-bond donors (Lipinski definition) is 0. The predicted molar refractivity (Wildman–Crippen MR) is 123 cm³/mol. The molecule has 1 aromatic carbocycles. The van der Waals surface area contributed by atoms with Crippen molar-refractivity contribution < 1.29 is 17.5 Å². The molecule has 0 saturated heterocycles. The molecule has 0 atom stereocenters. The zero-order valence-electron chi connectivity index (χ0n) is 19.6. The lowest BCUT2D eigenvalue weighted by atomic mass is 10.1. The zero-order chi connectivity index (χ0) is 22.2. The van der Waals surface area contributed by atoms with Gasteiger partial charge in [0.05, 0.1) is 31.6 Å². The molecule has 4 nitrogen and oxygen atoms in total. The third kappa shape index (κ3) is 14.7. The van der Waals surface area contributed by atoms with E-state index in [9.17, 15) is 13.0 Å². The molecule has 0 aliphatic rings. The maximum Gasteiger partial charge on any atom is 0.124 e. The van der Waals surface area contributed by atoms with Crippen molar-refractivity contribution in [2.45, 2.75) is 96.8 Å². The molecule has 0 bridgehead atoms. The van der Waals surface area contributed by atoms with Gasteiger partial charge < -0.3 is 9.04 Å². The van der Waals surface area contributed by atoms with E-state index >= 15 is 0 Å². The highest BCUT2D eigenvalue weighted by Crippen LogP contribution is 2.12. The summed E-state index contributed by atoms with van der Waals surface area (Å²) in [5.41, 5.74) is 0.928. The summed E-state index contributed by atoms with van der Waals surface area (Å²) in [6, 6.07) is 5.78. The molecule has 0 unspecified atom stereocenters. The van der Waals surface area contributed by atoms with Crippen molar-refractivity contribution in [2.75, 3.05) is 26.7 Å². The first-order valence-electron chi connectivity index (χ1n) is 11.5. The van der Waals surface area contributed by atoms with Crippen LogP contribution in [0.3, 0.4) is 0 Å². The highest BCUT2D eigenvalue weighted by molar-refractivity contribution is 7.85. The molecule has 170 valence electrons. The topological polar surface area (TPSA) is 57.2 Å². The Balaban J connectivity index is 0.000000604. The molecule has 0 aliphatic heterocycles. The number of quaternary nitrogens is 1. The molecule has 0 radical (unpaired) electrons. The first kappa shape index (κ1) is 28.1. The lowest BCUT2D eigenvalue weighted by molar-refractivity contribution is -0.906. The van der Waals surface area contributed by atoms with Gasteiger partial charge in [-0.15, -0.1) is 0 Å². The maximum atomic E-state index is 10.4. The Morgan fingerprint density at radius 2 is 1.17 bits per heavy atom. The molecule has 0 fully saturated rings. The SMILES string of the molecule is CCCCCCCCCCCC[N+](C)(CC)CC.Cc1ccc(S(=O)(=O)[O-])cc1. The van der Waals surface area contributed by atoms with Gasteiger partial charge in [0.1, 0.15) is 10.1 Å². The molecule has 0 aliphatic carbocycles. The highest BCUT2D eigenvalue weighted by atomic mass is 32.2. The van der Waals surface area contributed by atoms with E-state index in [4.69, 9.17) is 0 Å². The average Bonchev–Trinajstić information content (AvgIpc) is 2.69. The van der Waals surface area contributed by atoms with E-state index < -0.39 is 10.1 Å². The van der Waals surface area contributed by atoms with Crippen molar-refractivity contribution in [3.05, 3.63) is 29.8 Å². The standard InChI is InChI=1S/C17H38N.C7H8O3S/c1-5-8-9-10-11-12-13-14-15-16-17-18(4,6-2)7-3;1-6-2-4-7(5-3-6)11(8,9)10/h5-17H2,1-4H3;2-5H,1H3,(H,8,9,10)/q+1;/p-1. The molecule has 29 heavy (non-hydrogen) atoms. The fraction of sp³-hybridized carbons (Fsp3) is 0.750. The molecular weight excluding hydrogens is 382 g/mol. The Hall–Kier alpha value is -0.910. The van der Waals surface area contributed by atoms with Gasteiger partial charge in [0, 0.05) is 0 Å². The van der Waals surface area contributed by atoms with Crippen molar-refractivity contribution in [2.24, 2.45) is 0 Å². The summed E-state index contributed by atoms with van der Waals surface area (Å²) in [5.74, 6) is 0. The van der Waals surface area contributed by atoms with Gasteiger partial charge in [-0.25, -0.2) is 8.42 Å². The smallest absolute Gasteiger partial charge is 0.124 e. The summed E-state index contributed by atoms with van der Waals surface area (Å²) in [7, 11) is -1.87. The van der Waals surface area contributed by atoms with Crippen LogP contribution in [0.4, 0.5) is 0 Å². The van der Waals surface area contributed by atoms with Crippen molar-refractivity contribution >= 4 is 10.1 Å². The second kappa shape index (κ2) is 15.9. The molecule has 0 N–H and O–H groups in total. The van der Waals surface area contributed by atoms with E-state index in [0.717, 1.165) is 5.56 Å². The second-order valence-corrected chi connectivity index (χ2v) is 9.80. The van der Waals surface area contributed by atoms with Gasteiger partial charge in [-0.05, 0) is 45.7 Å². The molecular formula is C24H45NO3S. The van der Waals surface area contributed by atoms with Crippen molar-refractivity contribution in [1.29, 1.82) is 0 Å². The molecule has 0 saturated carbocycles. The van der Waals surface area contributed by atoms with Crippen LogP contribution in [0.1, 0.15) is 90.5 Å². The minimum Gasteiger partial charge on any atom is -0.744 e. The average molecular weight is 428 g/mol. The normalized spacial score (nSPS) is 11.8. The van der Waals surface area contributed by atoms with E-state index in [2.05, 4.69) is 27.8 Å². The van der Waals surface area contributed by atoms with Gasteiger partial charge in [-0.1, -0.05) is 76.0 Å². The van der Waals surface area contributed by atoms with Crippen LogP contribution in [0.2, 0.25) is 0 Å². The van der Waals surface area contributed by atoms with Crippen LogP contribution in [0.25, 0.3) is 0 Å². The first-order chi connectivity index (χ1) is 13.7. The van der Waals surface area contributed by atoms with Crippen LogP contribution in [0.5, 0.6) is 0 Å². The molecule has 1 aromatic rings. The highest BCUT2D eigenvalue weighted by Gasteiger charge is 2.14. The summed E-state index contributed by atoms with van der Waals surface area (Å²) in [6.45, 7) is 12.7. The van der Waals surface area contributed by atoms with Gasteiger partial charge in [-0.3, -0.25) is 0 Å². The van der Waals surface area contributed by atoms with Crippen LogP contribution >= 0.6 is 0 Å². The van der Waals surface area contributed by atoms with Crippen LogP contribution in [0, 0.1) is 6.92 Å².